The number of amides is 2. The molecular formula is C16H13BrF2N2O2. The first kappa shape index (κ1) is 17.1. The molecule has 0 saturated heterocycles. The number of halogens is 3. The van der Waals surface area contributed by atoms with Crippen LogP contribution in [-0.2, 0) is 4.79 Å². The molecule has 0 atom stereocenters. The molecule has 0 saturated carbocycles. The lowest BCUT2D eigenvalue weighted by Gasteiger charge is -2.17. The van der Waals surface area contributed by atoms with E-state index in [1.165, 1.54) is 48.3 Å². The smallest absolute Gasteiger partial charge is 0.255 e. The van der Waals surface area contributed by atoms with Gasteiger partial charge in [0.15, 0.2) is 0 Å². The summed E-state index contributed by atoms with van der Waals surface area (Å²) in [7, 11) is 1.45. The number of hydrogen-bond acceptors (Lipinski definition) is 2. The second kappa shape index (κ2) is 7.32. The van der Waals surface area contributed by atoms with Gasteiger partial charge in [0.1, 0.15) is 11.6 Å². The van der Waals surface area contributed by atoms with E-state index in [0.29, 0.717) is 10.2 Å². The van der Waals surface area contributed by atoms with Gasteiger partial charge < -0.3 is 10.2 Å². The van der Waals surface area contributed by atoms with Gasteiger partial charge in [-0.1, -0.05) is 6.07 Å². The molecule has 2 rings (SSSR count). The molecule has 7 heteroatoms. The predicted octanol–water partition coefficient (Wildman–Crippen LogP) is 3.44. The van der Waals surface area contributed by atoms with Gasteiger partial charge in [-0.3, -0.25) is 9.59 Å². The third-order valence-corrected chi connectivity index (χ3v) is 3.65. The molecule has 0 heterocycles. The number of nitrogens with one attached hydrogen (secondary N) is 1. The highest BCUT2D eigenvalue weighted by Gasteiger charge is 2.18. The lowest BCUT2D eigenvalue weighted by Crippen LogP contribution is -2.35. The van der Waals surface area contributed by atoms with Crippen molar-refractivity contribution in [3.8, 4) is 0 Å². The number of benzene rings is 2. The van der Waals surface area contributed by atoms with Crippen molar-refractivity contribution in [1.82, 2.24) is 4.90 Å². The van der Waals surface area contributed by atoms with Crippen LogP contribution in [0.5, 0.6) is 0 Å². The molecule has 0 unspecified atom stereocenters. The topological polar surface area (TPSA) is 49.4 Å². The van der Waals surface area contributed by atoms with E-state index in [1.807, 2.05) is 0 Å². The first-order valence-electron chi connectivity index (χ1n) is 6.63. The van der Waals surface area contributed by atoms with Crippen LogP contribution < -0.4 is 5.32 Å². The molecule has 0 radical (unpaired) electrons. The molecule has 0 bridgehead atoms. The SMILES string of the molecule is CN(CC(=O)Nc1cccc(F)c1)C(=O)c1ccc(F)cc1Br. The number of nitrogens with zero attached hydrogens (tertiary/aromatic N) is 1. The summed E-state index contributed by atoms with van der Waals surface area (Å²) >= 11 is 3.11. The molecule has 0 aromatic heterocycles. The largest absolute Gasteiger partial charge is 0.332 e. The molecule has 2 aromatic rings. The van der Waals surface area contributed by atoms with Gasteiger partial charge in [0.2, 0.25) is 5.91 Å². The molecule has 0 aliphatic carbocycles. The summed E-state index contributed by atoms with van der Waals surface area (Å²) in [6.45, 7) is -0.223. The molecule has 2 aromatic carbocycles. The summed E-state index contributed by atoms with van der Waals surface area (Å²) in [6, 6.07) is 9.12. The van der Waals surface area contributed by atoms with Gasteiger partial charge in [0, 0.05) is 17.2 Å². The van der Waals surface area contributed by atoms with Gasteiger partial charge in [-0.15, -0.1) is 0 Å². The molecule has 4 nitrogen and oxygen atoms in total. The van der Waals surface area contributed by atoms with E-state index in [0.717, 1.165) is 0 Å². The first-order valence-corrected chi connectivity index (χ1v) is 7.42. The molecule has 1 N–H and O–H groups in total. The van der Waals surface area contributed by atoms with Crippen LogP contribution in [-0.4, -0.2) is 30.3 Å². The van der Waals surface area contributed by atoms with Crippen LogP contribution in [0.25, 0.3) is 0 Å². The van der Waals surface area contributed by atoms with Crippen LogP contribution in [0.15, 0.2) is 46.9 Å². The fourth-order valence-electron chi connectivity index (χ4n) is 1.92. The van der Waals surface area contributed by atoms with Crippen molar-refractivity contribution in [1.29, 1.82) is 0 Å². The van der Waals surface area contributed by atoms with Crippen molar-refractivity contribution in [2.75, 3.05) is 18.9 Å². The Hall–Kier alpha value is -2.28. The predicted molar refractivity (Wildman–Crippen MR) is 86.1 cm³/mol. The Morgan fingerprint density at radius 3 is 2.48 bits per heavy atom. The number of anilines is 1. The maximum Gasteiger partial charge on any atom is 0.255 e. The summed E-state index contributed by atoms with van der Waals surface area (Å²) in [5, 5.41) is 2.50. The Balaban J connectivity index is 2.01. The Labute approximate surface area is 140 Å². The Bertz CT molecular complexity index is 753. The number of hydrogen-bond donors (Lipinski definition) is 1. The van der Waals surface area contributed by atoms with Gasteiger partial charge in [0.25, 0.3) is 5.91 Å². The maximum atomic E-state index is 13.1. The lowest BCUT2D eigenvalue weighted by molar-refractivity contribution is -0.116. The normalized spacial score (nSPS) is 10.3. The fourth-order valence-corrected chi connectivity index (χ4v) is 2.44. The van der Waals surface area contributed by atoms with Crippen LogP contribution in [0.3, 0.4) is 0 Å². The summed E-state index contributed by atoms with van der Waals surface area (Å²) in [5.41, 5.74) is 0.547. The van der Waals surface area contributed by atoms with E-state index in [4.69, 9.17) is 0 Å². The highest BCUT2D eigenvalue weighted by molar-refractivity contribution is 9.10. The van der Waals surface area contributed by atoms with Crippen LogP contribution >= 0.6 is 15.9 Å². The quantitative estimate of drug-likeness (QED) is 0.880. The van der Waals surface area contributed by atoms with Crippen molar-refractivity contribution < 1.29 is 18.4 Å². The van der Waals surface area contributed by atoms with E-state index in [1.54, 1.807) is 6.07 Å². The number of carbonyl (C=O) groups is 2. The summed E-state index contributed by atoms with van der Waals surface area (Å²) in [5.74, 6) is -1.85. The monoisotopic (exact) mass is 382 g/mol. The van der Waals surface area contributed by atoms with Gasteiger partial charge in [-0.25, -0.2) is 8.78 Å². The van der Waals surface area contributed by atoms with Gasteiger partial charge >= 0.3 is 0 Å². The Morgan fingerprint density at radius 2 is 1.83 bits per heavy atom. The third kappa shape index (κ3) is 4.59. The zero-order valence-corrected chi connectivity index (χ0v) is 13.7. The fraction of sp³-hybridized carbons (Fsp3) is 0.125. The second-order valence-electron chi connectivity index (χ2n) is 4.84. The minimum atomic E-state index is -0.472. The van der Waals surface area contributed by atoms with Crippen LogP contribution in [0.1, 0.15) is 10.4 Å². The number of likely N-dealkylation sites (N-methyl/N-ethyl adjacent to an activating group) is 1. The first-order chi connectivity index (χ1) is 10.9. The summed E-state index contributed by atoms with van der Waals surface area (Å²) < 4.78 is 26.4. The molecule has 2 amide bonds. The number of carbonyl (C=O) groups excluding carboxylic acids is 2. The molecule has 120 valence electrons. The molecule has 23 heavy (non-hydrogen) atoms. The lowest BCUT2D eigenvalue weighted by atomic mass is 10.2. The van der Waals surface area contributed by atoms with Crippen molar-refractivity contribution in [2.45, 2.75) is 0 Å². The average molecular weight is 383 g/mol. The minimum Gasteiger partial charge on any atom is -0.332 e. The van der Waals surface area contributed by atoms with Gasteiger partial charge in [-0.05, 0) is 52.3 Å². The summed E-state index contributed by atoms with van der Waals surface area (Å²) in [4.78, 5) is 25.3. The molecular weight excluding hydrogens is 370 g/mol. The van der Waals surface area contributed by atoms with Crippen molar-refractivity contribution in [3.63, 3.8) is 0 Å². The molecule has 0 fully saturated rings. The van der Waals surface area contributed by atoms with E-state index in [-0.39, 0.29) is 12.1 Å². The number of rotatable bonds is 4. The highest BCUT2D eigenvalue weighted by Crippen LogP contribution is 2.19. The zero-order valence-electron chi connectivity index (χ0n) is 12.1. The molecule has 0 spiro atoms. The maximum absolute atomic E-state index is 13.1. The van der Waals surface area contributed by atoms with Crippen molar-refractivity contribution >= 4 is 33.4 Å². The minimum absolute atomic E-state index is 0.223. The standard InChI is InChI=1S/C16H13BrF2N2O2/c1-21(16(23)13-6-5-11(19)8-14(13)17)9-15(22)20-12-4-2-3-10(18)7-12/h2-8H,9H2,1H3,(H,20,22). The second-order valence-corrected chi connectivity index (χ2v) is 5.70. The van der Waals surface area contributed by atoms with Gasteiger partial charge in [0.05, 0.1) is 12.1 Å². The Kier molecular flexibility index (Phi) is 5.44. The zero-order chi connectivity index (χ0) is 17.0. The van der Waals surface area contributed by atoms with E-state index >= 15 is 0 Å². The van der Waals surface area contributed by atoms with E-state index in [2.05, 4.69) is 21.2 Å². The van der Waals surface area contributed by atoms with Crippen LogP contribution in [0.2, 0.25) is 0 Å². The van der Waals surface area contributed by atoms with Gasteiger partial charge in [-0.2, -0.15) is 0 Å². The Morgan fingerprint density at radius 1 is 1.13 bits per heavy atom. The average Bonchev–Trinajstić information content (AvgIpc) is 2.46. The highest BCUT2D eigenvalue weighted by atomic mass is 79.9. The molecule has 0 aliphatic rings. The summed E-state index contributed by atoms with van der Waals surface area (Å²) in [6.07, 6.45) is 0. The van der Waals surface area contributed by atoms with E-state index in [9.17, 15) is 18.4 Å². The third-order valence-electron chi connectivity index (χ3n) is 3.00. The van der Waals surface area contributed by atoms with Crippen LogP contribution in [0, 0.1) is 11.6 Å². The van der Waals surface area contributed by atoms with Crippen LogP contribution in [0.4, 0.5) is 14.5 Å². The van der Waals surface area contributed by atoms with Crippen molar-refractivity contribution in [2.24, 2.45) is 0 Å². The molecule has 0 aliphatic heterocycles. The van der Waals surface area contributed by atoms with E-state index < -0.39 is 23.4 Å². The van der Waals surface area contributed by atoms with Crippen molar-refractivity contribution in [3.05, 3.63) is 64.1 Å².